The second-order valence-electron chi connectivity index (χ2n) is 8.78. The summed E-state index contributed by atoms with van der Waals surface area (Å²) < 4.78 is 7.68. The number of nitrogens with one attached hydrogen (secondary N) is 2. The lowest BCUT2D eigenvalue weighted by atomic mass is 9.94. The fourth-order valence-corrected chi connectivity index (χ4v) is 4.39. The number of halogens is 1. The predicted molar refractivity (Wildman–Crippen MR) is 141 cm³/mol. The van der Waals surface area contributed by atoms with E-state index in [-0.39, 0.29) is 5.91 Å². The van der Waals surface area contributed by atoms with Gasteiger partial charge in [-0.15, -0.1) is 0 Å². The molecule has 1 aliphatic rings. The fraction of sp³-hybridized carbons (Fsp3) is 0.179. The number of rotatable bonds is 6. The average Bonchev–Trinajstić information content (AvgIpc) is 3.34. The molecule has 2 heterocycles. The van der Waals surface area contributed by atoms with Crippen molar-refractivity contribution in [3.8, 4) is 5.75 Å². The molecule has 1 amide bonds. The summed E-state index contributed by atoms with van der Waals surface area (Å²) in [5.41, 5.74) is 6.16. The molecular weight excluding hydrogens is 474 g/mol. The molecule has 182 valence electrons. The van der Waals surface area contributed by atoms with Gasteiger partial charge in [-0.3, -0.25) is 4.79 Å². The van der Waals surface area contributed by atoms with Crippen LogP contribution in [0.25, 0.3) is 0 Å². The highest BCUT2D eigenvalue weighted by molar-refractivity contribution is 6.30. The van der Waals surface area contributed by atoms with Gasteiger partial charge in [0.05, 0.1) is 5.57 Å². The first-order valence-electron chi connectivity index (χ1n) is 11.6. The standard InChI is InChI=1S/C28H26ClN5O2/c1-17-5-4-6-24(18(17)2)33-27(35)25-19(3)32-28-30-16-31-34(28)26(25)21-9-13-23(14-10-21)36-15-20-7-11-22(29)12-8-20/h4-14,16,26H,15H2,1-3H3,(H,33,35)(H,30,31,32). The summed E-state index contributed by atoms with van der Waals surface area (Å²) in [6, 6.07) is 20.7. The maximum absolute atomic E-state index is 13.6. The molecule has 0 fully saturated rings. The molecule has 36 heavy (non-hydrogen) atoms. The van der Waals surface area contributed by atoms with Gasteiger partial charge < -0.3 is 15.4 Å². The first kappa shape index (κ1) is 23.6. The number of amides is 1. The van der Waals surface area contributed by atoms with E-state index in [1.165, 1.54) is 6.33 Å². The van der Waals surface area contributed by atoms with Crippen molar-refractivity contribution >= 4 is 29.1 Å². The van der Waals surface area contributed by atoms with Gasteiger partial charge in [0.1, 0.15) is 24.7 Å². The summed E-state index contributed by atoms with van der Waals surface area (Å²) >= 11 is 5.96. The Morgan fingerprint density at radius 3 is 2.56 bits per heavy atom. The lowest BCUT2D eigenvalue weighted by molar-refractivity contribution is -0.113. The summed E-state index contributed by atoms with van der Waals surface area (Å²) in [4.78, 5) is 17.9. The Morgan fingerprint density at radius 2 is 1.81 bits per heavy atom. The Kier molecular flexibility index (Phi) is 6.48. The Bertz CT molecular complexity index is 1440. The first-order valence-corrected chi connectivity index (χ1v) is 12.0. The maximum atomic E-state index is 13.6. The van der Waals surface area contributed by atoms with Crippen molar-refractivity contribution in [1.29, 1.82) is 0 Å². The number of allylic oxidation sites excluding steroid dienone is 1. The van der Waals surface area contributed by atoms with E-state index in [1.807, 2.05) is 87.5 Å². The van der Waals surface area contributed by atoms with Gasteiger partial charge in [0, 0.05) is 16.4 Å². The molecule has 0 saturated heterocycles. The number of fused-ring (bicyclic) bond motifs is 1. The van der Waals surface area contributed by atoms with Crippen molar-refractivity contribution in [2.75, 3.05) is 10.6 Å². The first-order chi connectivity index (χ1) is 17.4. The van der Waals surface area contributed by atoms with E-state index in [2.05, 4.69) is 20.7 Å². The highest BCUT2D eigenvalue weighted by atomic mass is 35.5. The van der Waals surface area contributed by atoms with Crippen molar-refractivity contribution in [2.45, 2.75) is 33.4 Å². The van der Waals surface area contributed by atoms with Crippen LogP contribution in [0.15, 0.2) is 84.3 Å². The third-order valence-electron chi connectivity index (χ3n) is 6.41. The average molecular weight is 500 g/mol. The van der Waals surface area contributed by atoms with E-state index >= 15 is 0 Å². The number of aryl methyl sites for hydroxylation is 1. The van der Waals surface area contributed by atoms with Crippen LogP contribution in [0.3, 0.4) is 0 Å². The molecule has 0 radical (unpaired) electrons. The molecule has 1 aliphatic heterocycles. The summed E-state index contributed by atoms with van der Waals surface area (Å²) in [6.07, 6.45) is 1.48. The van der Waals surface area contributed by atoms with Crippen molar-refractivity contribution < 1.29 is 9.53 Å². The zero-order valence-electron chi connectivity index (χ0n) is 20.2. The highest BCUT2D eigenvalue weighted by Crippen LogP contribution is 2.36. The van der Waals surface area contributed by atoms with Gasteiger partial charge in [0.25, 0.3) is 5.91 Å². The van der Waals surface area contributed by atoms with E-state index in [1.54, 1.807) is 4.68 Å². The topological polar surface area (TPSA) is 81.1 Å². The minimum absolute atomic E-state index is 0.192. The van der Waals surface area contributed by atoms with Crippen molar-refractivity contribution in [1.82, 2.24) is 14.8 Å². The molecule has 0 spiro atoms. The zero-order chi connectivity index (χ0) is 25.2. The number of carbonyl (C=O) groups excluding carboxylic acids is 1. The minimum atomic E-state index is -0.445. The van der Waals surface area contributed by atoms with Gasteiger partial charge in [-0.1, -0.05) is 48.0 Å². The van der Waals surface area contributed by atoms with Crippen molar-refractivity contribution in [3.63, 3.8) is 0 Å². The number of aromatic nitrogens is 3. The van der Waals surface area contributed by atoms with Crippen molar-refractivity contribution in [2.24, 2.45) is 0 Å². The molecule has 0 saturated carbocycles. The predicted octanol–water partition coefficient (Wildman–Crippen LogP) is 6.05. The third kappa shape index (κ3) is 4.70. The summed E-state index contributed by atoms with van der Waals surface area (Å²) in [7, 11) is 0. The van der Waals surface area contributed by atoms with Crippen molar-refractivity contribution in [3.05, 3.63) is 112 Å². The second-order valence-corrected chi connectivity index (χ2v) is 9.22. The molecule has 4 aromatic rings. The SMILES string of the molecule is CC1=C(C(=O)Nc2cccc(C)c2C)C(c2ccc(OCc3ccc(Cl)cc3)cc2)n2ncnc2N1. The monoisotopic (exact) mass is 499 g/mol. The molecule has 2 N–H and O–H groups in total. The maximum Gasteiger partial charge on any atom is 0.255 e. The third-order valence-corrected chi connectivity index (χ3v) is 6.66. The van der Waals surface area contributed by atoms with Crippen LogP contribution in [0, 0.1) is 13.8 Å². The van der Waals surface area contributed by atoms with Crippen LogP contribution in [0.2, 0.25) is 5.02 Å². The molecule has 3 aromatic carbocycles. The molecular formula is C28H26ClN5O2. The number of ether oxygens (including phenoxy) is 1. The van der Waals surface area contributed by atoms with Crippen LogP contribution < -0.4 is 15.4 Å². The van der Waals surface area contributed by atoms with Gasteiger partial charge in [-0.2, -0.15) is 10.1 Å². The normalized spacial score (nSPS) is 14.7. The number of benzene rings is 3. The molecule has 1 atom stereocenters. The van der Waals surface area contributed by atoms with E-state index in [0.717, 1.165) is 39.4 Å². The smallest absolute Gasteiger partial charge is 0.255 e. The molecule has 8 heteroatoms. The van der Waals surface area contributed by atoms with Crippen LogP contribution >= 0.6 is 11.6 Å². The summed E-state index contributed by atoms with van der Waals surface area (Å²) in [5, 5.41) is 11.4. The van der Waals surface area contributed by atoms with E-state index in [4.69, 9.17) is 16.3 Å². The fourth-order valence-electron chi connectivity index (χ4n) is 4.26. The molecule has 7 nitrogen and oxygen atoms in total. The van der Waals surface area contributed by atoms with E-state index in [0.29, 0.717) is 23.2 Å². The Labute approximate surface area is 214 Å². The van der Waals surface area contributed by atoms with E-state index < -0.39 is 6.04 Å². The largest absolute Gasteiger partial charge is 0.489 e. The van der Waals surface area contributed by atoms with Crippen LogP contribution in [-0.2, 0) is 11.4 Å². The number of carbonyl (C=O) groups is 1. The van der Waals surface area contributed by atoms with Crippen LogP contribution in [0.1, 0.15) is 35.2 Å². The van der Waals surface area contributed by atoms with Gasteiger partial charge >= 0.3 is 0 Å². The van der Waals surface area contributed by atoms with E-state index in [9.17, 15) is 4.79 Å². The van der Waals surface area contributed by atoms with Gasteiger partial charge in [-0.25, -0.2) is 4.68 Å². The lowest BCUT2D eigenvalue weighted by Crippen LogP contribution is -2.31. The number of nitrogens with zero attached hydrogens (tertiary/aromatic N) is 3. The van der Waals surface area contributed by atoms with Crippen LogP contribution in [-0.4, -0.2) is 20.7 Å². The quantitative estimate of drug-likeness (QED) is 0.337. The Balaban J connectivity index is 1.42. The summed E-state index contributed by atoms with van der Waals surface area (Å²) in [6.45, 7) is 6.34. The highest BCUT2D eigenvalue weighted by Gasteiger charge is 2.33. The Morgan fingerprint density at radius 1 is 1.06 bits per heavy atom. The van der Waals surface area contributed by atoms with Gasteiger partial charge in [0.15, 0.2) is 0 Å². The zero-order valence-corrected chi connectivity index (χ0v) is 21.0. The number of anilines is 2. The molecule has 5 rings (SSSR count). The Hall–Kier alpha value is -4.10. The number of hydrogen-bond acceptors (Lipinski definition) is 5. The second kappa shape index (κ2) is 9.87. The molecule has 0 bridgehead atoms. The lowest BCUT2D eigenvalue weighted by Gasteiger charge is -2.29. The molecule has 1 unspecified atom stereocenters. The molecule has 1 aromatic heterocycles. The molecule has 0 aliphatic carbocycles. The van der Waals surface area contributed by atoms with Gasteiger partial charge in [-0.05, 0) is 73.4 Å². The summed E-state index contributed by atoms with van der Waals surface area (Å²) in [5.74, 6) is 1.12. The van der Waals surface area contributed by atoms with Crippen LogP contribution in [0.4, 0.5) is 11.6 Å². The van der Waals surface area contributed by atoms with Crippen LogP contribution in [0.5, 0.6) is 5.75 Å². The van der Waals surface area contributed by atoms with Gasteiger partial charge in [0.2, 0.25) is 5.95 Å². The number of hydrogen-bond donors (Lipinski definition) is 2. The minimum Gasteiger partial charge on any atom is -0.489 e.